The molecule has 0 aliphatic carbocycles. The lowest BCUT2D eigenvalue weighted by molar-refractivity contribution is 0.183. The molecule has 1 aliphatic rings. The standard InChI is InChI=1S/C15H21Cl3N2/c1-3-20-6-4-11(5-7-20)10(2)19-15-13(17)8-12(16)9-14(15)18/h8-11,19H,3-7H2,1-2H3. The second kappa shape index (κ2) is 7.22. The van der Waals surface area contributed by atoms with Gasteiger partial charge in [0.05, 0.1) is 15.7 Å². The molecule has 0 aromatic heterocycles. The predicted molar refractivity (Wildman–Crippen MR) is 89.4 cm³/mol. The summed E-state index contributed by atoms with van der Waals surface area (Å²) >= 11 is 18.4. The zero-order valence-electron chi connectivity index (χ0n) is 11.9. The lowest BCUT2D eigenvalue weighted by Crippen LogP contribution is -2.39. The molecule has 0 radical (unpaired) electrons. The fourth-order valence-corrected chi connectivity index (χ4v) is 3.72. The zero-order valence-corrected chi connectivity index (χ0v) is 14.2. The van der Waals surface area contributed by atoms with E-state index in [9.17, 15) is 0 Å². The maximum absolute atomic E-state index is 6.22. The second-order valence-corrected chi connectivity index (χ2v) is 6.70. The summed E-state index contributed by atoms with van der Waals surface area (Å²) < 4.78 is 0. The number of hydrogen-bond donors (Lipinski definition) is 1. The normalized spacial score (nSPS) is 19.1. The van der Waals surface area contributed by atoms with E-state index in [1.807, 2.05) is 0 Å². The Morgan fingerprint density at radius 3 is 2.25 bits per heavy atom. The molecule has 1 unspecified atom stereocenters. The van der Waals surface area contributed by atoms with E-state index < -0.39 is 0 Å². The molecule has 1 aromatic carbocycles. The molecule has 1 fully saturated rings. The summed E-state index contributed by atoms with van der Waals surface area (Å²) in [6, 6.07) is 3.80. The molecular weight excluding hydrogens is 315 g/mol. The summed E-state index contributed by atoms with van der Waals surface area (Å²) in [5.41, 5.74) is 0.795. The third-order valence-corrected chi connectivity index (χ3v) is 4.98. The van der Waals surface area contributed by atoms with Gasteiger partial charge < -0.3 is 10.2 Å². The number of likely N-dealkylation sites (tertiary alicyclic amines) is 1. The number of benzene rings is 1. The molecule has 1 aromatic rings. The van der Waals surface area contributed by atoms with Crippen molar-refractivity contribution in [1.29, 1.82) is 0 Å². The molecule has 1 atom stereocenters. The maximum Gasteiger partial charge on any atom is 0.0722 e. The third kappa shape index (κ3) is 3.94. The minimum Gasteiger partial charge on any atom is -0.380 e. The lowest BCUT2D eigenvalue weighted by atomic mass is 9.90. The van der Waals surface area contributed by atoms with Gasteiger partial charge in [0.2, 0.25) is 0 Å². The van der Waals surface area contributed by atoms with Gasteiger partial charge in [-0.2, -0.15) is 0 Å². The molecule has 0 spiro atoms. The Morgan fingerprint density at radius 2 is 1.75 bits per heavy atom. The molecule has 5 heteroatoms. The molecule has 2 nitrogen and oxygen atoms in total. The summed E-state index contributed by atoms with van der Waals surface area (Å²) in [5.74, 6) is 0.653. The molecular formula is C15H21Cl3N2. The molecule has 20 heavy (non-hydrogen) atoms. The van der Waals surface area contributed by atoms with Crippen molar-refractivity contribution in [1.82, 2.24) is 4.90 Å². The van der Waals surface area contributed by atoms with E-state index in [0.717, 1.165) is 12.2 Å². The Labute approximate surface area is 136 Å². The monoisotopic (exact) mass is 334 g/mol. The highest BCUT2D eigenvalue weighted by Crippen LogP contribution is 2.35. The smallest absolute Gasteiger partial charge is 0.0722 e. The van der Waals surface area contributed by atoms with Gasteiger partial charge in [-0.1, -0.05) is 41.7 Å². The van der Waals surface area contributed by atoms with Crippen molar-refractivity contribution >= 4 is 40.5 Å². The van der Waals surface area contributed by atoms with Crippen LogP contribution in [0.5, 0.6) is 0 Å². The lowest BCUT2D eigenvalue weighted by Gasteiger charge is -2.35. The van der Waals surface area contributed by atoms with Crippen molar-refractivity contribution in [2.24, 2.45) is 5.92 Å². The fraction of sp³-hybridized carbons (Fsp3) is 0.600. The SMILES string of the molecule is CCN1CCC(C(C)Nc2c(Cl)cc(Cl)cc2Cl)CC1. The first-order chi connectivity index (χ1) is 9.51. The number of rotatable bonds is 4. The van der Waals surface area contributed by atoms with Crippen LogP contribution in [0.15, 0.2) is 12.1 Å². The topological polar surface area (TPSA) is 15.3 Å². The first kappa shape index (κ1) is 16.2. The van der Waals surface area contributed by atoms with Gasteiger partial charge in [0.25, 0.3) is 0 Å². The van der Waals surface area contributed by atoms with Crippen LogP contribution in [0.4, 0.5) is 5.69 Å². The number of piperidine rings is 1. The second-order valence-electron chi connectivity index (χ2n) is 5.45. The third-order valence-electron chi connectivity index (χ3n) is 4.17. The molecule has 1 heterocycles. The number of hydrogen-bond acceptors (Lipinski definition) is 2. The van der Waals surface area contributed by atoms with Crippen molar-refractivity contribution in [3.63, 3.8) is 0 Å². The van der Waals surface area contributed by atoms with E-state index >= 15 is 0 Å². The Balaban J connectivity index is 2.00. The highest BCUT2D eigenvalue weighted by molar-refractivity contribution is 6.41. The molecule has 0 amide bonds. The van der Waals surface area contributed by atoms with E-state index in [2.05, 4.69) is 24.1 Å². The van der Waals surface area contributed by atoms with Crippen LogP contribution in [0.1, 0.15) is 26.7 Å². The van der Waals surface area contributed by atoms with E-state index in [0.29, 0.717) is 27.0 Å². The average molecular weight is 336 g/mol. The van der Waals surface area contributed by atoms with Crippen molar-refractivity contribution in [3.8, 4) is 0 Å². The van der Waals surface area contributed by atoms with Crippen molar-refractivity contribution < 1.29 is 0 Å². The Morgan fingerprint density at radius 1 is 1.20 bits per heavy atom. The van der Waals surface area contributed by atoms with Gasteiger partial charge in [-0.3, -0.25) is 0 Å². The average Bonchev–Trinajstić information content (AvgIpc) is 2.42. The van der Waals surface area contributed by atoms with Crippen LogP contribution in [0.25, 0.3) is 0 Å². The quantitative estimate of drug-likeness (QED) is 0.815. The number of nitrogens with one attached hydrogen (secondary N) is 1. The van der Waals surface area contributed by atoms with Crippen LogP contribution in [0.3, 0.4) is 0 Å². The minimum absolute atomic E-state index is 0.352. The van der Waals surface area contributed by atoms with Crippen molar-refractivity contribution in [2.75, 3.05) is 25.0 Å². The van der Waals surface area contributed by atoms with Gasteiger partial charge in [0.1, 0.15) is 0 Å². The summed E-state index contributed by atoms with van der Waals surface area (Å²) in [6.07, 6.45) is 2.43. The molecule has 0 bridgehead atoms. The molecule has 112 valence electrons. The van der Waals surface area contributed by atoms with Gasteiger partial charge in [0.15, 0.2) is 0 Å². The highest BCUT2D eigenvalue weighted by Gasteiger charge is 2.24. The van der Waals surface area contributed by atoms with Gasteiger partial charge in [-0.05, 0) is 57.5 Å². The van der Waals surface area contributed by atoms with Crippen LogP contribution in [-0.4, -0.2) is 30.6 Å². The van der Waals surface area contributed by atoms with Gasteiger partial charge in [0, 0.05) is 11.1 Å². The molecule has 2 rings (SSSR count). The fourth-order valence-electron chi connectivity index (χ4n) is 2.79. The first-order valence-corrected chi connectivity index (χ1v) is 8.28. The first-order valence-electron chi connectivity index (χ1n) is 7.14. The van der Waals surface area contributed by atoms with Crippen LogP contribution in [0, 0.1) is 5.92 Å². The number of nitrogens with zero attached hydrogens (tertiary/aromatic N) is 1. The van der Waals surface area contributed by atoms with Crippen LogP contribution in [-0.2, 0) is 0 Å². The Hall–Kier alpha value is -0.150. The summed E-state index contributed by atoms with van der Waals surface area (Å²) in [4.78, 5) is 2.49. The number of halogens is 3. The molecule has 1 saturated heterocycles. The summed E-state index contributed by atoms with van der Waals surface area (Å²) in [5, 5.41) is 5.20. The Bertz CT molecular complexity index is 433. The van der Waals surface area contributed by atoms with Gasteiger partial charge in [-0.15, -0.1) is 0 Å². The van der Waals surface area contributed by atoms with Crippen molar-refractivity contribution in [3.05, 3.63) is 27.2 Å². The van der Waals surface area contributed by atoms with Crippen LogP contribution < -0.4 is 5.32 Å². The summed E-state index contributed by atoms with van der Waals surface area (Å²) in [7, 11) is 0. The van der Waals surface area contributed by atoms with Crippen LogP contribution in [0.2, 0.25) is 15.1 Å². The van der Waals surface area contributed by atoms with Crippen molar-refractivity contribution in [2.45, 2.75) is 32.7 Å². The molecule has 1 aliphatic heterocycles. The number of anilines is 1. The Kier molecular flexibility index (Phi) is 5.85. The zero-order chi connectivity index (χ0) is 14.7. The van der Waals surface area contributed by atoms with E-state index in [1.165, 1.54) is 25.9 Å². The highest BCUT2D eigenvalue weighted by atomic mass is 35.5. The largest absolute Gasteiger partial charge is 0.380 e. The van der Waals surface area contributed by atoms with E-state index in [-0.39, 0.29) is 0 Å². The van der Waals surface area contributed by atoms with Gasteiger partial charge in [-0.25, -0.2) is 0 Å². The van der Waals surface area contributed by atoms with E-state index in [1.54, 1.807) is 12.1 Å². The maximum atomic E-state index is 6.22. The minimum atomic E-state index is 0.352. The molecule has 0 saturated carbocycles. The van der Waals surface area contributed by atoms with E-state index in [4.69, 9.17) is 34.8 Å². The van der Waals surface area contributed by atoms with Gasteiger partial charge >= 0.3 is 0 Å². The predicted octanol–water partition coefficient (Wildman–Crippen LogP) is 5.18. The molecule has 1 N–H and O–H groups in total. The van der Waals surface area contributed by atoms with Crippen LogP contribution >= 0.6 is 34.8 Å². The summed E-state index contributed by atoms with van der Waals surface area (Å²) in [6.45, 7) is 7.91.